The van der Waals surface area contributed by atoms with E-state index in [-0.39, 0.29) is 25.2 Å². The van der Waals surface area contributed by atoms with E-state index in [1.165, 1.54) is 0 Å². The number of benzene rings is 1. The Bertz CT molecular complexity index is 451. The van der Waals surface area contributed by atoms with Gasteiger partial charge in [0.2, 0.25) is 5.91 Å². The molecule has 0 saturated heterocycles. The van der Waals surface area contributed by atoms with E-state index >= 15 is 0 Å². The number of ether oxygens (including phenoxy) is 1. The van der Waals surface area contributed by atoms with E-state index in [1.54, 1.807) is 12.1 Å². The smallest absolute Gasteiger partial charge is 0.224 e. The molecule has 108 valence electrons. The van der Waals surface area contributed by atoms with Crippen LogP contribution in [0.5, 0.6) is 5.75 Å². The Balaban J connectivity index is 2.40. The van der Waals surface area contributed by atoms with Crippen molar-refractivity contribution in [3.63, 3.8) is 0 Å². The van der Waals surface area contributed by atoms with Gasteiger partial charge in [0.15, 0.2) is 6.61 Å². The number of nitrogens with zero attached hydrogens (tertiary/aromatic N) is 1. The molecule has 0 saturated carbocycles. The Labute approximate surface area is 119 Å². The van der Waals surface area contributed by atoms with E-state index in [0.717, 1.165) is 12.0 Å². The molecular formula is C15H20N2O3. The predicted octanol–water partition coefficient (Wildman–Crippen LogP) is 1.41. The average molecular weight is 276 g/mol. The first-order valence-electron chi connectivity index (χ1n) is 6.64. The van der Waals surface area contributed by atoms with E-state index < -0.39 is 0 Å². The zero-order valence-corrected chi connectivity index (χ0v) is 11.6. The maximum atomic E-state index is 11.8. The molecule has 0 aliphatic carbocycles. The molecular weight excluding hydrogens is 256 g/mol. The number of amides is 1. The first-order chi connectivity index (χ1) is 9.65. The van der Waals surface area contributed by atoms with Crippen LogP contribution in [0.1, 0.15) is 25.3 Å². The van der Waals surface area contributed by atoms with Crippen molar-refractivity contribution < 1.29 is 14.6 Å². The zero-order chi connectivity index (χ0) is 14.8. The second-order valence-electron chi connectivity index (χ2n) is 4.60. The van der Waals surface area contributed by atoms with Crippen LogP contribution in [-0.2, 0) is 11.2 Å². The van der Waals surface area contributed by atoms with Crippen molar-refractivity contribution >= 4 is 5.91 Å². The summed E-state index contributed by atoms with van der Waals surface area (Å²) >= 11 is 0. The Morgan fingerprint density at radius 1 is 1.45 bits per heavy atom. The van der Waals surface area contributed by atoms with Gasteiger partial charge in [-0.3, -0.25) is 4.79 Å². The summed E-state index contributed by atoms with van der Waals surface area (Å²) in [5, 5.41) is 20.0. The third-order valence-electron chi connectivity index (χ3n) is 2.79. The zero-order valence-electron chi connectivity index (χ0n) is 11.6. The third-order valence-corrected chi connectivity index (χ3v) is 2.79. The van der Waals surface area contributed by atoms with Gasteiger partial charge >= 0.3 is 0 Å². The highest BCUT2D eigenvalue weighted by atomic mass is 16.5. The molecule has 0 aliphatic heterocycles. The first-order valence-corrected chi connectivity index (χ1v) is 6.64. The van der Waals surface area contributed by atoms with Crippen molar-refractivity contribution in [1.82, 2.24) is 5.32 Å². The molecule has 5 nitrogen and oxygen atoms in total. The molecule has 1 aromatic carbocycles. The van der Waals surface area contributed by atoms with E-state index in [2.05, 4.69) is 5.32 Å². The van der Waals surface area contributed by atoms with Crippen LogP contribution in [0.2, 0.25) is 0 Å². The van der Waals surface area contributed by atoms with Crippen LogP contribution in [0.15, 0.2) is 24.3 Å². The Hall–Kier alpha value is -2.06. The number of hydrogen-bond donors (Lipinski definition) is 2. The lowest BCUT2D eigenvalue weighted by Crippen LogP contribution is -2.33. The quantitative estimate of drug-likeness (QED) is 0.752. The van der Waals surface area contributed by atoms with Gasteiger partial charge in [0.05, 0.1) is 6.42 Å². The van der Waals surface area contributed by atoms with Gasteiger partial charge in [0.1, 0.15) is 11.8 Å². The fourth-order valence-corrected chi connectivity index (χ4v) is 1.80. The maximum absolute atomic E-state index is 11.8. The van der Waals surface area contributed by atoms with Crippen LogP contribution in [-0.4, -0.2) is 30.3 Å². The lowest BCUT2D eigenvalue weighted by atomic mass is 10.1. The minimum Gasteiger partial charge on any atom is -0.479 e. The third kappa shape index (κ3) is 6.21. The van der Waals surface area contributed by atoms with E-state index in [4.69, 9.17) is 15.1 Å². The van der Waals surface area contributed by atoms with Gasteiger partial charge < -0.3 is 15.2 Å². The number of rotatable bonds is 8. The Kier molecular flexibility index (Phi) is 7.15. The number of nitrogens with one attached hydrogen (secondary N) is 1. The molecule has 1 atom stereocenters. The summed E-state index contributed by atoms with van der Waals surface area (Å²) in [6.07, 6.45) is 1.76. The molecule has 1 unspecified atom stereocenters. The van der Waals surface area contributed by atoms with Gasteiger partial charge in [0.25, 0.3) is 0 Å². The van der Waals surface area contributed by atoms with Crippen LogP contribution >= 0.6 is 0 Å². The summed E-state index contributed by atoms with van der Waals surface area (Å²) < 4.78 is 5.14. The fraction of sp³-hybridized carbons (Fsp3) is 0.467. The van der Waals surface area contributed by atoms with E-state index in [9.17, 15) is 4.79 Å². The Morgan fingerprint density at radius 2 is 2.15 bits per heavy atom. The van der Waals surface area contributed by atoms with Crippen molar-refractivity contribution in [2.45, 2.75) is 32.2 Å². The SMILES string of the molecule is CC(CCCO)NC(=O)Cc1ccc(OCC#N)cc1. The fourth-order valence-electron chi connectivity index (χ4n) is 1.80. The van der Waals surface area contributed by atoms with Crippen LogP contribution in [0.3, 0.4) is 0 Å². The van der Waals surface area contributed by atoms with Crippen molar-refractivity contribution in [2.75, 3.05) is 13.2 Å². The molecule has 5 heteroatoms. The van der Waals surface area contributed by atoms with Crippen molar-refractivity contribution in [1.29, 1.82) is 5.26 Å². The summed E-state index contributed by atoms with van der Waals surface area (Å²) in [6, 6.07) is 9.07. The Morgan fingerprint density at radius 3 is 2.75 bits per heavy atom. The molecule has 0 bridgehead atoms. The van der Waals surface area contributed by atoms with Crippen molar-refractivity contribution in [3.05, 3.63) is 29.8 Å². The number of carbonyl (C=O) groups is 1. The second-order valence-corrected chi connectivity index (χ2v) is 4.60. The summed E-state index contributed by atoms with van der Waals surface area (Å²) in [4.78, 5) is 11.8. The van der Waals surface area contributed by atoms with Crippen LogP contribution in [0.25, 0.3) is 0 Å². The van der Waals surface area contributed by atoms with Gasteiger partial charge in [0, 0.05) is 12.6 Å². The second kappa shape index (κ2) is 8.94. The molecule has 0 aliphatic rings. The van der Waals surface area contributed by atoms with Crippen LogP contribution < -0.4 is 10.1 Å². The lowest BCUT2D eigenvalue weighted by Gasteiger charge is -2.13. The molecule has 2 N–H and O–H groups in total. The van der Waals surface area contributed by atoms with Gasteiger partial charge in [-0.1, -0.05) is 12.1 Å². The number of carbonyl (C=O) groups excluding carboxylic acids is 1. The molecule has 0 heterocycles. The standard InChI is InChI=1S/C15H20N2O3/c1-12(3-2-9-18)17-15(19)11-13-4-6-14(7-5-13)20-10-8-16/h4-7,12,18H,2-3,9-11H2,1H3,(H,17,19). The highest BCUT2D eigenvalue weighted by Crippen LogP contribution is 2.12. The van der Waals surface area contributed by atoms with E-state index in [0.29, 0.717) is 18.6 Å². The highest BCUT2D eigenvalue weighted by Gasteiger charge is 2.08. The normalized spacial score (nSPS) is 11.4. The first kappa shape index (κ1) is 16.0. The van der Waals surface area contributed by atoms with E-state index in [1.807, 2.05) is 25.1 Å². The average Bonchev–Trinajstić information content (AvgIpc) is 2.44. The summed E-state index contributed by atoms with van der Waals surface area (Å²) in [5.74, 6) is 0.577. The van der Waals surface area contributed by atoms with Gasteiger partial charge in [-0.25, -0.2) is 0 Å². The van der Waals surface area contributed by atoms with Gasteiger partial charge in [-0.15, -0.1) is 0 Å². The molecule has 20 heavy (non-hydrogen) atoms. The minimum absolute atomic E-state index is 0.0161. The predicted molar refractivity (Wildman–Crippen MR) is 75.2 cm³/mol. The summed E-state index contributed by atoms with van der Waals surface area (Å²) in [5.41, 5.74) is 0.890. The number of nitriles is 1. The minimum atomic E-state index is -0.0406. The topological polar surface area (TPSA) is 82.3 Å². The summed E-state index contributed by atoms with van der Waals surface area (Å²) in [6.45, 7) is 2.08. The van der Waals surface area contributed by atoms with Gasteiger partial charge in [-0.2, -0.15) is 5.26 Å². The van der Waals surface area contributed by atoms with Crippen molar-refractivity contribution in [3.8, 4) is 11.8 Å². The lowest BCUT2D eigenvalue weighted by molar-refractivity contribution is -0.121. The largest absolute Gasteiger partial charge is 0.479 e. The molecule has 0 spiro atoms. The maximum Gasteiger partial charge on any atom is 0.224 e. The van der Waals surface area contributed by atoms with Crippen molar-refractivity contribution in [2.24, 2.45) is 0 Å². The molecule has 1 amide bonds. The highest BCUT2D eigenvalue weighted by molar-refractivity contribution is 5.78. The number of aliphatic hydroxyl groups is 1. The monoisotopic (exact) mass is 276 g/mol. The number of aliphatic hydroxyl groups excluding tert-OH is 1. The molecule has 0 aromatic heterocycles. The van der Waals surface area contributed by atoms with Crippen LogP contribution in [0.4, 0.5) is 0 Å². The molecule has 0 fully saturated rings. The van der Waals surface area contributed by atoms with Crippen LogP contribution in [0, 0.1) is 11.3 Å². The molecule has 0 radical (unpaired) electrons. The number of hydrogen-bond acceptors (Lipinski definition) is 4. The summed E-state index contributed by atoms with van der Waals surface area (Å²) in [7, 11) is 0. The van der Waals surface area contributed by atoms with Gasteiger partial charge in [-0.05, 0) is 37.5 Å². The molecule has 1 aromatic rings. The molecule has 1 rings (SSSR count).